The molecule has 1 aliphatic rings. The maximum absolute atomic E-state index is 12.6. The largest absolute Gasteiger partial charge is 0.476 e. The van der Waals surface area contributed by atoms with Crippen molar-refractivity contribution in [2.45, 2.75) is 6.67 Å². The predicted octanol–water partition coefficient (Wildman–Crippen LogP) is 0.710. The molecule has 1 N–H and O–H groups in total. The number of hydrogen-bond acceptors (Lipinski definition) is 3. The Morgan fingerprint density at radius 2 is 2.46 bits per heavy atom. The van der Waals surface area contributed by atoms with E-state index >= 15 is 0 Å². The zero-order valence-corrected chi connectivity index (χ0v) is 6.51. The molecule has 0 radical (unpaired) electrons. The van der Waals surface area contributed by atoms with Crippen LogP contribution in [0.15, 0.2) is 12.4 Å². The fraction of sp³-hybridized carbons (Fsp3) is 0.143. The molecule has 0 spiro atoms. The summed E-state index contributed by atoms with van der Waals surface area (Å²) in [4.78, 5) is 14.3. The van der Waals surface area contributed by atoms with E-state index in [1.807, 2.05) is 0 Å². The minimum Gasteiger partial charge on any atom is -0.476 e. The summed E-state index contributed by atoms with van der Waals surface area (Å²) in [7, 11) is 0. The van der Waals surface area contributed by atoms with E-state index in [9.17, 15) is 9.28 Å². The first-order chi connectivity index (χ1) is 6.16. The zero-order chi connectivity index (χ0) is 9.42. The third-order valence-corrected chi connectivity index (χ3v) is 1.70. The Labute approximate surface area is 72.7 Å². The Kier molecular flexibility index (Phi) is 1.54. The lowest BCUT2D eigenvalue weighted by Crippen LogP contribution is -2.16. The number of carboxylic acid groups (broad SMARTS) is 1. The van der Waals surface area contributed by atoms with Crippen molar-refractivity contribution in [1.82, 2.24) is 14.7 Å². The molecule has 0 fully saturated rings. The number of fused-ring (bicyclic) bond motifs is 1. The van der Waals surface area contributed by atoms with Gasteiger partial charge in [0.15, 0.2) is 5.69 Å². The highest BCUT2D eigenvalue weighted by Gasteiger charge is 2.15. The van der Waals surface area contributed by atoms with Gasteiger partial charge in [-0.3, -0.25) is 0 Å². The number of imidazole rings is 1. The van der Waals surface area contributed by atoms with E-state index in [1.165, 1.54) is 23.0 Å². The highest BCUT2D eigenvalue weighted by Crippen LogP contribution is 2.13. The molecule has 1 aromatic heterocycles. The van der Waals surface area contributed by atoms with Crippen molar-refractivity contribution in [2.24, 2.45) is 0 Å². The Balaban J connectivity index is 2.41. The molecule has 2 rings (SSSR count). The van der Waals surface area contributed by atoms with Gasteiger partial charge < -0.3 is 9.67 Å². The van der Waals surface area contributed by atoms with Gasteiger partial charge in [0.25, 0.3) is 0 Å². The van der Waals surface area contributed by atoms with Crippen LogP contribution in [0, 0.1) is 0 Å². The summed E-state index contributed by atoms with van der Waals surface area (Å²) in [6, 6.07) is 0. The Bertz CT molecular complexity index is 385. The van der Waals surface area contributed by atoms with Crippen LogP contribution in [0.3, 0.4) is 0 Å². The molecular formula is C7H6FN3O2. The van der Waals surface area contributed by atoms with Gasteiger partial charge in [0.05, 0.1) is 0 Å². The van der Waals surface area contributed by atoms with Crippen LogP contribution in [0.25, 0.3) is 6.08 Å². The van der Waals surface area contributed by atoms with Gasteiger partial charge in [-0.05, 0) is 6.08 Å². The van der Waals surface area contributed by atoms with Gasteiger partial charge in [0.2, 0.25) is 0 Å². The molecule has 6 heteroatoms. The van der Waals surface area contributed by atoms with Crippen molar-refractivity contribution >= 4 is 12.0 Å². The molecule has 0 aliphatic carbocycles. The average molecular weight is 183 g/mol. The van der Waals surface area contributed by atoms with Crippen LogP contribution >= 0.6 is 0 Å². The smallest absolute Gasteiger partial charge is 0.356 e. The van der Waals surface area contributed by atoms with Gasteiger partial charge in [-0.2, -0.15) is 5.12 Å². The highest BCUT2D eigenvalue weighted by atomic mass is 19.2. The molecule has 0 amide bonds. The van der Waals surface area contributed by atoms with Crippen LogP contribution in [0.1, 0.15) is 16.3 Å². The number of aromatic nitrogens is 2. The molecule has 0 saturated carbocycles. The number of aromatic carboxylic acids is 1. The highest BCUT2D eigenvalue weighted by molar-refractivity contribution is 5.85. The molecule has 5 nitrogen and oxygen atoms in total. The lowest BCUT2D eigenvalue weighted by molar-refractivity contribution is 0.0491. The molecule has 0 saturated heterocycles. The molecule has 0 bridgehead atoms. The van der Waals surface area contributed by atoms with Crippen molar-refractivity contribution in [1.29, 1.82) is 0 Å². The number of carboxylic acids is 1. The molecule has 13 heavy (non-hydrogen) atoms. The number of halogens is 1. The van der Waals surface area contributed by atoms with Gasteiger partial charge in [-0.15, -0.1) is 0 Å². The fourth-order valence-corrected chi connectivity index (χ4v) is 1.12. The first kappa shape index (κ1) is 7.78. The molecule has 1 aromatic rings. The van der Waals surface area contributed by atoms with Gasteiger partial charge in [-0.1, -0.05) is 4.48 Å². The van der Waals surface area contributed by atoms with E-state index in [2.05, 4.69) is 4.98 Å². The van der Waals surface area contributed by atoms with Crippen LogP contribution in [-0.4, -0.2) is 25.7 Å². The SMILES string of the molecule is O=C(O)c1cn2c(n1)C=CN(F)C2. The predicted molar refractivity (Wildman–Crippen MR) is 41.2 cm³/mol. The minimum absolute atomic E-state index is 0.0217. The van der Waals surface area contributed by atoms with E-state index in [0.717, 1.165) is 0 Å². The lowest BCUT2D eigenvalue weighted by atomic mass is 10.5. The monoisotopic (exact) mass is 183 g/mol. The Hall–Kier alpha value is -1.85. The first-order valence-corrected chi connectivity index (χ1v) is 3.58. The van der Waals surface area contributed by atoms with E-state index in [4.69, 9.17) is 5.11 Å². The standard InChI is InChI=1S/C7H6FN3O2/c8-11-2-1-6-9-5(7(12)13)3-10(6)4-11/h1-3H,4H2,(H,12,13). The van der Waals surface area contributed by atoms with Gasteiger partial charge in [-0.25, -0.2) is 9.78 Å². The maximum Gasteiger partial charge on any atom is 0.356 e. The van der Waals surface area contributed by atoms with Crippen molar-refractivity contribution in [3.8, 4) is 0 Å². The topological polar surface area (TPSA) is 58.4 Å². The maximum atomic E-state index is 12.6. The second-order valence-electron chi connectivity index (χ2n) is 2.62. The third-order valence-electron chi connectivity index (χ3n) is 1.70. The van der Waals surface area contributed by atoms with Crippen LogP contribution in [0.4, 0.5) is 4.48 Å². The summed E-state index contributed by atoms with van der Waals surface area (Å²) in [5.41, 5.74) is -0.0741. The summed E-state index contributed by atoms with van der Waals surface area (Å²) in [5, 5.41) is 9.04. The first-order valence-electron chi connectivity index (χ1n) is 3.58. The molecular weight excluding hydrogens is 177 g/mol. The molecule has 1 aliphatic heterocycles. The number of rotatable bonds is 1. The summed E-state index contributed by atoms with van der Waals surface area (Å²) >= 11 is 0. The second kappa shape index (κ2) is 2.58. The summed E-state index contributed by atoms with van der Waals surface area (Å²) in [6.07, 6.45) is 3.91. The molecule has 0 atom stereocenters. The van der Waals surface area contributed by atoms with Crippen molar-refractivity contribution in [3.63, 3.8) is 0 Å². The van der Waals surface area contributed by atoms with Crippen molar-refractivity contribution in [2.75, 3.05) is 0 Å². The van der Waals surface area contributed by atoms with Crippen molar-refractivity contribution < 1.29 is 14.4 Å². The summed E-state index contributed by atoms with van der Waals surface area (Å²) in [5.74, 6) is -0.660. The number of nitrogens with zero attached hydrogens (tertiary/aromatic N) is 3. The molecule has 0 unspecified atom stereocenters. The van der Waals surface area contributed by atoms with E-state index in [-0.39, 0.29) is 12.4 Å². The Morgan fingerprint density at radius 3 is 3.15 bits per heavy atom. The van der Waals surface area contributed by atoms with Gasteiger partial charge >= 0.3 is 5.97 Å². The minimum atomic E-state index is -1.11. The fourth-order valence-electron chi connectivity index (χ4n) is 1.12. The van der Waals surface area contributed by atoms with Crippen LogP contribution in [0.2, 0.25) is 0 Å². The van der Waals surface area contributed by atoms with Crippen LogP contribution in [0.5, 0.6) is 0 Å². The molecule has 2 heterocycles. The van der Waals surface area contributed by atoms with Gasteiger partial charge in [0.1, 0.15) is 12.5 Å². The normalized spacial score (nSPS) is 14.4. The molecule has 0 aromatic carbocycles. The average Bonchev–Trinajstić information content (AvgIpc) is 2.46. The quantitative estimate of drug-likeness (QED) is 0.651. The number of hydrogen-bond donors (Lipinski definition) is 1. The summed E-state index contributed by atoms with van der Waals surface area (Å²) < 4.78 is 14.0. The van der Waals surface area contributed by atoms with E-state index in [0.29, 0.717) is 10.9 Å². The molecule has 68 valence electrons. The number of carbonyl (C=O) groups is 1. The third kappa shape index (κ3) is 1.26. The van der Waals surface area contributed by atoms with Crippen LogP contribution in [-0.2, 0) is 6.67 Å². The lowest BCUT2D eigenvalue weighted by Gasteiger charge is -2.14. The second-order valence-corrected chi connectivity index (χ2v) is 2.62. The van der Waals surface area contributed by atoms with Crippen LogP contribution < -0.4 is 0 Å². The van der Waals surface area contributed by atoms with Crippen molar-refractivity contribution in [3.05, 3.63) is 23.9 Å². The van der Waals surface area contributed by atoms with E-state index in [1.54, 1.807) is 0 Å². The summed E-state index contributed by atoms with van der Waals surface area (Å²) in [6.45, 7) is -0.0217. The Morgan fingerprint density at radius 1 is 1.69 bits per heavy atom. The zero-order valence-electron chi connectivity index (χ0n) is 6.51. The van der Waals surface area contributed by atoms with E-state index < -0.39 is 5.97 Å². The van der Waals surface area contributed by atoms with Gasteiger partial charge in [0, 0.05) is 12.4 Å².